The van der Waals surface area contributed by atoms with E-state index in [1.54, 1.807) is 24.3 Å². The van der Waals surface area contributed by atoms with E-state index in [9.17, 15) is 28.1 Å². The minimum absolute atomic E-state index is 0.0220. The zero-order valence-corrected chi connectivity index (χ0v) is 20.1. The van der Waals surface area contributed by atoms with Crippen molar-refractivity contribution < 1.29 is 22.9 Å². The number of hydrogen-bond donors (Lipinski definition) is 1. The van der Waals surface area contributed by atoms with Crippen molar-refractivity contribution in [2.24, 2.45) is 0 Å². The molecule has 0 unspecified atom stereocenters. The number of carbonyl (C=O) groups is 2. The molecule has 32 heavy (non-hydrogen) atoms. The zero-order valence-electron chi connectivity index (χ0n) is 17.7. The summed E-state index contributed by atoms with van der Waals surface area (Å²) in [7, 11) is -2.52. The van der Waals surface area contributed by atoms with Crippen molar-refractivity contribution in [3.05, 3.63) is 68.7 Å². The van der Waals surface area contributed by atoms with Gasteiger partial charge >= 0.3 is 0 Å². The number of benzene rings is 2. The quantitative estimate of drug-likeness (QED) is 0.394. The number of rotatable bonds is 9. The smallest absolute Gasteiger partial charge is 0.271 e. The summed E-state index contributed by atoms with van der Waals surface area (Å²) in [5, 5.41) is 13.6. The van der Waals surface area contributed by atoms with Gasteiger partial charge in [0.15, 0.2) is 0 Å². The highest BCUT2D eigenvalue weighted by Gasteiger charge is 2.30. The second kappa shape index (κ2) is 10.6. The average molecular weight is 527 g/mol. The number of hydrogen-bond acceptors (Lipinski definition) is 6. The molecular weight excluding hydrogens is 504 g/mol. The van der Waals surface area contributed by atoms with Gasteiger partial charge in [0.05, 0.1) is 16.9 Å². The molecule has 172 valence electrons. The second-order valence-corrected chi connectivity index (χ2v) is 9.81. The molecule has 2 aromatic carbocycles. The van der Waals surface area contributed by atoms with Gasteiger partial charge in [0.2, 0.25) is 21.8 Å². The van der Waals surface area contributed by atoms with Gasteiger partial charge in [0, 0.05) is 30.2 Å². The summed E-state index contributed by atoms with van der Waals surface area (Å²) in [5.74, 6) is -1.06. The Kier molecular flexibility index (Phi) is 8.33. The highest BCUT2D eigenvalue weighted by molar-refractivity contribution is 9.10. The average Bonchev–Trinajstić information content (AvgIpc) is 2.75. The monoisotopic (exact) mass is 526 g/mol. The van der Waals surface area contributed by atoms with Crippen molar-refractivity contribution in [1.82, 2.24) is 10.2 Å². The van der Waals surface area contributed by atoms with Crippen LogP contribution in [-0.2, 0) is 26.2 Å². The Morgan fingerprint density at radius 1 is 1.19 bits per heavy atom. The van der Waals surface area contributed by atoms with E-state index in [2.05, 4.69) is 21.2 Å². The number of amides is 2. The number of carbonyl (C=O) groups excluding carboxylic acids is 2. The van der Waals surface area contributed by atoms with E-state index in [4.69, 9.17) is 0 Å². The Bertz CT molecular complexity index is 1110. The van der Waals surface area contributed by atoms with Crippen LogP contribution < -0.4 is 9.62 Å². The minimum Gasteiger partial charge on any atom is -0.357 e. The molecule has 2 aromatic rings. The van der Waals surface area contributed by atoms with Gasteiger partial charge in [-0.15, -0.1) is 0 Å². The third kappa shape index (κ3) is 6.50. The molecule has 0 bridgehead atoms. The first-order valence-electron chi connectivity index (χ1n) is 9.41. The fraction of sp³-hybridized carbons (Fsp3) is 0.300. The van der Waals surface area contributed by atoms with Crippen LogP contribution in [0, 0.1) is 10.1 Å². The van der Waals surface area contributed by atoms with Gasteiger partial charge in [0.25, 0.3) is 5.69 Å². The van der Waals surface area contributed by atoms with E-state index in [0.29, 0.717) is 0 Å². The molecule has 2 amide bonds. The second-order valence-electron chi connectivity index (χ2n) is 6.98. The van der Waals surface area contributed by atoms with Crippen molar-refractivity contribution in [3.63, 3.8) is 0 Å². The fourth-order valence-corrected chi connectivity index (χ4v) is 4.06. The number of nitro benzene ring substituents is 1. The lowest BCUT2D eigenvalue weighted by Gasteiger charge is -2.31. The topological polar surface area (TPSA) is 130 Å². The zero-order chi connectivity index (χ0) is 24.1. The molecule has 12 heteroatoms. The number of sulfonamides is 1. The van der Waals surface area contributed by atoms with Crippen molar-refractivity contribution >= 4 is 49.1 Å². The van der Waals surface area contributed by atoms with Crippen LogP contribution in [0.1, 0.15) is 12.5 Å². The predicted molar refractivity (Wildman–Crippen MR) is 124 cm³/mol. The molecule has 0 fully saturated rings. The largest absolute Gasteiger partial charge is 0.357 e. The van der Waals surface area contributed by atoms with Crippen LogP contribution in [0.4, 0.5) is 11.4 Å². The first-order chi connectivity index (χ1) is 14.9. The number of nitrogens with zero attached hydrogens (tertiary/aromatic N) is 3. The van der Waals surface area contributed by atoms with E-state index in [-0.39, 0.29) is 17.9 Å². The predicted octanol–water partition coefficient (Wildman–Crippen LogP) is 2.29. The van der Waals surface area contributed by atoms with Gasteiger partial charge in [-0.3, -0.25) is 24.0 Å². The maximum absolute atomic E-state index is 13.2. The van der Waals surface area contributed by atoms with Crippen LogP contribution in [0.2, 0.25) is 0 Å². The Morgan fingerprint density at radius 3 is 2.34 bits per heavy atom. The lowest BCUT2D eigenvalue weighted by atomic mass is 10.1. The molecule has 10 nitrogen and oxygen atoms in total. The fourth-order valence-electron chi connectivity index (χ4n) is 2.95. The number of non-ortho nitro benzene ring substituents is 1. The van der Waals surface area contributed by atoms with Crippen molar-refractivity contribution in [2.45, 2.75) is 19.5 Å². The molecule has 0 radical (unpaired) electrons. The summed E-state index contributed by atoms with van der Waals surface area (Å²) in [6.07, 6.45) is 0.903. The molecule has 0 saturated heterocycles. The summed E-state index contributed by atoms with van der Waals surface area (Å²) < 4.78 is 26.5. The van der Waals surface area contributed by atoms with Crippen LogP contribution in [0.25, 0.3) is 0 Å². The van der Waals surface area contributed by atoms with E-state index in [0.717, 1.165) is 26.7 Å². The van der Waals surface area contributed by atoms with Crippen molar-refractivity contribution in [2.75, 3.05) is 24.2 Å². The number of nitrogens with one attached hydrogen (secondary N) is 1. The molecule has 0 spiro atoms. The summed E-state index contributed by atoms with van der Waals surface area (Å²) in [6, 6.07) is 11.2. The first kappa shape index (κ1) is 25.3. The first-order valence-corrected chi connectivity index (χ1v) is 12.1. The minimum atomic E-state index is -3.96. The lowest BCUT2D eigenvalue weighted by molar-refractivity contribution is -0.384. The maximum Gasteiger partial charge on any atom is 0.271 e. The highest BCUT2D eigenvalue weighted by Crippen LogP contribution is 2.24. The van der Waals surface area contributed by atoms with Gasteiger partial charge in [0.1, 0.15) is 12.6 Å². The van der Waals surface area contributed by atoms with Gasteiger partial charge in [-0.2, -0.15) is 0 Å². The molecule has 0 heterocycles. The Labute approximate surface area is 194 Å². The molecule has 1 atom stereocenters. The number of likely N-dealkylation sites (N-methyl/N-ethyl adjacent to an activating group) is 1. The Morgan fingerprint density at radius 2 is 1.81 bits per heavy atom. The van der Waals surface area contributed by atoms with Gasteiger partial charge in [-0.1, -0.05) is 34.1 Å². The van der Waals surface area contributed by atoms with Crippen LogP contribution >= 0.6 is 15.9 Å². The van der Waals surface area contributed by atoms with Crippen LogP contribution in [0.15, 0.2) is 53.0 Å². The van der Waals surface area contributed by atoms with Crippen LogP contribution in [0.5, 0.6) is 0 Å². The van der Waals surface area contributed by atoms with E-state index in [1.165, 1.54) is 37.1 Å². The molecule has 0 aliphatic heterocycles. The number of halogens is 1. The Hall–Kier alpha value is -2.99. The van der Waals surface area contributed by atoms with E-state index >= 15 is 0 Å². The summed E-state index contributed by atoms with van der Waals surface area (Å²) >= 11 is 3.33. The summed E-state index contributed by atoms with van der Waals surface area (Å²) in [5.41, 5.74) is 0.402. The molecule has 0 aliphatic carbocycles. The van der Waals surface area contributed by atoms with Gasteiger partial charge in [-0.05, 0) is 30.7 Å². The molecule has 1 N–H and O–H groups in total. The summed E-state index contributed by atoms with van der Waals surface area (Å²) in [6.45, 7) is 0.971. The molecule has 0 aliphatic rings. The maximum atomic E-state index is 13.2. The molecular formula is C20H23BrN4O6S. The van der Waals surface area contributed by atoms with Crippen molar-refractivity contribution in [3.8, 4) is 0 Å². The SMILES string of the molecule is CNC(=O)[C@H](C)N(Cc1ccc(Br)cc1)C(=O)CN(c1cccc([N+](=O)[O-])c1)S(C)(=O)=O. The molecule has 0 saturated carbocycles. The highest BCUT2D eigenvalue weighted by atomic mass is 79.9. The van der Waals surface area contributed by atoms with Crippen molar-refractivity contribution in [1.29, 1.82) is 0 Å². The van der Waals surface area contributed by atoms with Gasteiger partial charge < -0.3 is 10.2 Å². The number of anilines is 1. The normalized spacial score (nSPS) is 12.0. The molecule has 0 aromatic heterocycles. The van der Waals surface area contributed by atoms with Crippen LogP contribution in [-0.4, -0.2) is 55.9 Å². The standard InChI is InChI=1S/C20H23BrN4O6S/c1-14(20(27)22-2)23(12-15-7-9-16(21)10-8-15)19(26)13-24(32(3,30)31)17-5-4-6-18(11-17)25(28)29/h4-11,14H,12-13H2,1-3H3,(H,22,27)/t14-/m0/s1. The third-order valence-corrected chi connectivity index (χ3v) is 6.36. The third-order valence-electron chi connectivity index (χ3n) is 4.69. The van der Waals surface area contributed by atoms with Gasteiger partial charge in [-0.25, -0.2) is 8.42 Å². The van der Waals surface area contributed by atoms with E-state index in [1.807, 2.05) is 0 Å². The lowest BCUT2D eigenvalue weighted by Crippen LogP contribution is -2.50. The van der Waals surface area contributed by atoms with E-state index < -0.39 is 39.3 Å². The molecule has 2 rings (SSSR count). The number of nitro groups is 1. The van der Waals surface area contributed by atoms with Crippen LogP contribution in [0.3, 0.4) is 0 Å². The summed E-state index contributed by atoms with van der Waals surface area (Å²) in [4.78, 5) is 37.2. The Balaban J connectivity index is 2.41.